The smallest absolute Gasteiger partial charge is 0.257 e. The molecule has 0 bridgehead atoms. The number of hydrogen-bond acceptors (Lipinski definition) is 4. The Labute approximate surface area is 163 Å². The summed E-state index contributed by atoms with van der Waals surface area (Å²) >= 11 is 13.5. The molecule has 0 aliphatic heterocycles. The third kappa shape index (κ3) is 3.31. The number of nitrogens with one attached hydrogen (secondary N) is 1. The zero-order valence-electron chi connectivity index (χ0n) is 13.5. The van der Waals surface area contributed by atoms with Gasteiger partial charge in [-0.1, -0.05) is 23.2 Å². The quantitative estimate of drug-likeness (QED) is 0.503. The highest BCUT2D eigenvalue weighted by Crippen LogP contribution is 2.32. The van der Waals surface area contributed by atoms with Crippen LogP contribution in [0.4, 0.5) is 5.13 Å². The Balaban J connectivity index is 1.56. The Morgan fingerprint density at radius 2 is 2.04 bits per heavy atom. The van der Waals surface area contributed by atoms with E-state index in [1.165, 1.54) is 11.3 Å². The summed E-state index contributed by atoms with van der Waals surface area (Å²) in [6.07, 6.45) is 3.71. The molecule has 1 N–H and O–H groups in total. The van der Waals surface area contributed by atoms with Crippen molar-refractivity contribution in [1.29, 1.82) is 0 Å². The molecule has 0 spiro atoms. The van der Waals surface area contributed by atoms with Gasteiger partial charge < -0.3 is 4.40 Å². The number of rotatable bonds is 3. The van der Waals surface area contributed by atoms with Crippen LogP contribution in [0.1, 0.15) is 16.1 Å². The fourth-order valence-electron chi connectivity index (χ4n) is 2.57. The van der Waals surface area contributed by atoms with Crippen molar-refractivity contribution < 1.29 is 4.79 Å². The first-order valence-electron chi connectivity index (χ1n) is 7.67. The third-order valence-corrected chi connectivity index (χ3v) is 5.08. The van der Waals surface area contributed by atoms with Crippen LogP contribution < -0.4 is 5.32 Å². The zero-order valence-corrected chi connectivity index (χ0v) is 15.9. The van der Waals surface area contributed by atoms with Crippen LogP contribution in [0.25, 0.3) is 16.9 Å². The lowest BCUT2D eigenvalue weighted by molar-refractivity contribution is 0.102. The molecule has 1 amide bonds. The van der Waals surface area contributed by atoms with Crippen molar-refractivity contribution in [1.82, 2.24) is 14.4 Å². The largest absolute Gasteiger partial charge is 0.307 e. The summed E-state index contributed by atoms with van der Waals surface area (Å²) in [5, 5.41) is 6.22. The molecule has 130 valence electrons. The van der Waals surface area contributed by atoms with Crippen LogP contribution in [0.3, 0.4) is 0 Å². The normalized spacial score (nSPS) is 11.0. The highest BCUT2D eigenvalue weighted by molar-refractivity contribution is 7.14. The van der Waals surface area contributed by atoms with Gasteiger partial charge in [-0.3, -0.25) is 10.1 Å². The SMILES string of the molecule is Cc1cn2ccc(C(=O)Nc3nc(-c4ccc(Cl)cc4Cl)cs3)cc2n1. The minimum absolute atomic E-state index is 0.240. The van der Waals surface area contributed by atoms with Crippen molar-refractivity contribution in [3.05, 3.63) is 69.4 Å². The molecular weight excluding hydrogens is 391 g/mol. The number of thiazole rings is 1. The molecule has 0 fully saturated rings. The molecule has 3 aromatic heterocycles. The number of pyridine rings is 1. The van der Waals surface area contributed by atoms with Crippen molar-refractivity contribution in [2.75, 3.05) is 5.32 Å². The lowest BCUT2D eigenvalue weighted by atomic mass is 10.2. The number of anilines is 1. The minimum Gasteiger partial charge on any atom is -0.307 e. The van der Waals surface area contributed by atoms with Crippen molar-refractivity contribution in [3.8, 4) is 11.3 Å². The summed E-state index contributed by atoms with van der Waals surface area (Å²) < 4.78 is 1.87. The number of nitrogens with zero attached hydrogens (tertiary/aromatic N) is 3. The maximum Gasteiger partial charge on any atom is 0.257 e. The van der Waals surface area contributed by atoms with Crippen LogP contribution in [0, 0.1) is 6.92 Å². The lowest BCUT2D eigenvalue weighted by Gasteiger charge is -2.03. The van der Waals surface area contributed by atoms with Crippen LogP contribution >= 0.6 is 34.5 Å². The van der Waals surface area contributed by atoms with Crippen molar-refractivity contribution >= 4 is 51.2 Å². The van der Waals surface area contributed by atoms with Crippen LogP contribution in [-0.2, 0) is 0 Å². The van der Waals surface area contributed by atoms with Gasteiger partial charge in [-0.15, -0.1) is 11.3 Å². The number of fused-ring (bicyclic) bond motifs is 1. The van der Waals surface area contributed by atoms with E-state index < -0.39 is 0 Å². The first-order chi connectivity index (χ1) is 12.5. The van der Waals surface area contributed by atoms with Gasteiger partial charge in [0.1, 0.15) is 5.65 Å². The predicted octanol–water partition coefficient (Wildman–Crippen LogP) is 5.33. The molecule has 0 saturated heterocycles. The van der Waals surface area contributed by atoms with E-state index in [2.05, 4.69) is 15.3 Å². The Morgan fingerprint density at radius 1 is 1.19 bits per heavy atom. The fraction of sp³-hybridized carbons (Fsp3) is 0.0556. The number of amides is 1. The predicted molar refractivity (Wildman–Crippen MR) is 105 cm³/mol. The molecule has 0 saturated carbocycles. The molecule has 8 heteroatoms. The number of halogens is 2. The third-order valence-electron chi connectivity index (χ3n) is 3.77. The van der Waals surface area contributed by atoms with Crippen molar-refractivity contribution in [2.24, 2.45) is 0 Å². The molecular formula is C18H12Cl2N4OS. The van der Waals surface area contributed by atoms with E-state index in [9.17, 15) is 4.79 Å². The fourth-order valence-corrected chi connectivity index (χ4v) is 3.78. The number of hydrogen-bond donors (Lipinski definition) is 1. The van der Waals surface area contributed by atoms with Gasteiger partial charge in [0.25, 0.3) is 5.91 Å². The van der Waals surface area contributed by atoms with Gasteiger partial charge in [0.2, 0.25) is 0 Å². The number of benzene rings is 1. The molecule has 0 aliphatic rings. The maximum absolute atomic E-state index is 12.5. The van der Waals surface area contributed by atoms with Gasteiger partial charge >= 0.3 is 0 Å². The second-order valence-electron chi connectivity index (χ2n) is 5.68. The molecule has 0 unspecified atom stereocenters. The molecule has 1 aromatic carbocycles. The number of carbonyl (C=O) groups excluding carboxylic acids is 1. The van der Waals surface area contributed by atoms with Crippen LogP contribution in [0.2, 0.25) is 10.0 Å². The minimum atomic E-state index is -0.240. The second-order valence-corrected chi connectivity index (χ2v) is 7.38. The van der Waals surface area contributed by atoms with Gasteiger partial charge in [-0.25, -0.2) is 9.97 Å². The lowest BCUT2D eigenvalue weighted by Crippen LogP contribution is -2.12. The molecule has 0 atom stereocenters. The van der Waals surface area contributed by atoms with E-state index in [-0.39, 0.29) is 5.91 Å². The molecule has 3 heterocycles. The second kappa shape index (κ2) is 6.72. The molecule has 4 rings (SSSR count). The first kappa shape index (κ1) is 17.0. The monoisotopic (exact) mass is 402 g/mol. The summed E-state index contributed by atoms with van der Waals surface area (Å²) in [7, 11) is 0. The average Bonchev–Trinajstić information content (AvgIpc) is 3.19. The maximum atomic E-state index is 12.5. The topological polar surface area (TPSA) is 59.3 Å². The van der Waals surface area contributed by atoms with E-state index >= 15 is 0 Å². The Bertz CT molecular complexity index is 1140. The molecule has 5 nitrogen and oxygen atoms in total. The molecule has 0 radical (unpaired) electrons. The number of aromatic nitrogens is 3. The van der Waals surface area contributed by atoms with E-state index in [4.69, 9.17) is 23.2 Å². The average molecular weight is 403 g/mol. The van der Waals surface area contributed by atoms with Crippen LogP contribution in [0.15, 0.2) is 48.1 Å². The van der Waals surface area contributed by atoms with Crippen LogP contribution in [-0.4, -0.2) is 20.3 Å². The summed E-state index contributed by atoms with van der Waals surface area (Å²) in [5.74, 6) is -0.240. The van der Waals surface area contributed by atoms with Gasteiger partial charge in [0, 0.05) is 33.9 Å². The zero-order chi connectivity index (χ0) is 18.3. The van der Waals surface area contributed by atoms with Gasteiger partial charge in [0.05, 0.1) is 16.4 Å². The summed E-state index contributed by atoms with van der Waals surface area (Å²) in [6.45, 7) is 1.91. The highest BCUT2D eigenvalue weighted by atomic mass is 35.5. The number of aryl methyl sites for hydroxylation is 1. The van der Waals surface area contributed by atoms with Crippen molar-refractivity contribution in [2.45, 2.75) is 6.92 Å². The van der Waals surface area contributed by atoms with Crippen LogP contribution in [0.5, 0.6) is 0 Å². The van der Waals surface area contributed by atoms with E-state index in [0.717, 1.165) is 16.9 Å². The molecule has 26 heavy (non-hydrogen) atoms. The highest BCUT2D eigenvalue weighted by Gasteiger charge is 2.13. The van der Waals surface area contributed by atoms with E-state index in [1.807, 2.05) is 29.1 Å². The number of imidazole rings is 1. The van der Waals surface area contributed by atoms with Gasteiger partial charge in [-0.05, 0) is 37.3 Å². The Morgan fingerprint density at radius 3 is 2.85 bits per heavy atom. The number of carbonyl (C=O) groups is 1. The summed E-state index contributed by atoms with van der Waals surface area (Å²) in [6, 6.07) is 8.71. The summed E-state index contributed by atoms with van der Waals surface area (Å²) in [4.78, 5) is 21.3. The Kier molecular flexibility index (Phi) is 4.40. The summed E-state index contributed by atoms with van der Waals surface area (Å²) in [5.41, 5.74) is 3.59. The van der Waals surface area contributed by atoms with E-state index in [0.29, 0.717) is 26.4 Å². The van der Waals surface area contributed by atoms with Gasteiger partial charge in [-0.2, -0.15) is 0 Å². The van der Waals surface area contributed by atoms with Gasteiger partial charge in [0.15, 0.2) is 5.13 Å². The standard InChI is InChI=1S/C18H12Cl2N4OS/c1-10-8-24-5-4-11(6-16(24)21-10)17(25)23-18-22-15(9-26-18)13-3-2-12(19)7-14(13)20/h2-9H,1H3,(H,22,23,25). The first-order valence-corrected chi connectivity index (χ1v) is 9.31. The van der Waals surface area contributed by atoms with E-state index in [1.54, 1.807) is 30.3 Å². The Hall–Kier alpha value is -2.41. The molecule has 0 aliphatic carbocycles. The molecule has 4 aromatic rings. The van der Waals surface area contributed by atoms with Crippen molar-refractivity contribution in [3.63, 3.8) is 0 Å².